The van der Waals surface area contributed by atoms with E-state index in [1.165, 1.54) is 0 Å². The molecule has 0 radical (unpaired) electrons. The highest BCUT2D eigenvalue weighted by Gasteiger charge is 2.41. The summed E-state index contributed by atoms with van der Waals surface area (Å²) in [5, 5.41) is 3.06. The van der Waals surface area contributed by atoms with Crippen molar-refractivity contribution in [2.75, 3.05) is 25.7 Å². The molecule has 2 aromatic rings. The number of benzene rings is 2. The topological polar surface area (TPSA) is 67.9 Å². The molecule has 1 saturated heterocycles. The number of hydrogen-bond donors (Lipinski definition) is 1. The standard InChI is InChI=1S/C24H30N2O4/c1-4-5-16-25-24(28)21-14-15-22(27)26(18-8-12-20(30-3)13-9-18)23(21)17-6-10-19(29-2)11-7-17/h6-13,21,23H,4-5,14-16H2,1-3H3,(H,25,28)/t21-,23-/m1/s1. The maximum Gasteiger partial charge on any atom is 0.227 e. The van der Waals surface area contributed by atoms with Gasteiger partial charge in [0, 0.05) is 18.7 Å². The zero-order valence-electron chi connectivity index (χ0n) is 17.9. The van der Waals surface area contributed by atoms with Crippen molar-refractivity contribution in [1.29, 1.82) is 0 Å². The molecule has 0 saturated carbocycles. The quantitative estimate of drug-likeness (QED) is 0.665. The Kier molecular flexibility index (Phi) is 7.33. The fourth-order valence-corrected chi connectivity index (χ4v) is 3.92. The number of ether oxygens (including phenoxy) is 2. The van der Waals surface area contributed by atoms with E-state index in [1.54, 1.807) is 19.1 Å². The highest BCUT2D eigenvalue weighted by molar-refractivity contribution is 5.97. The molecule has 160 valence electrons. The van der Waals surface area contributed by atoms with Gasteiger partial charge in [-0.05, 0) is 54.8 Å². The maximum absolute atomic E-state index is 13.1. The number of amides is 2. The van der Waals surface area contributed by atoms with Crippen LogP contribution in [-0.2, 0) is 9.59 Å². The Balaban J connectivity index is 1.99. The first-order valence-corrected chi connectivity index (χ1v) is 10.5. The minimum atomic E-state index is -0.382. The van der Waals surface area contributed by atoms with E-state index in [-0.39, 0.29) is 23.8 Å². The minimum Gasteiger partial charge on any atom is -0.497 e. The predicted molar refractivity (Wildman–Crippen MR) is 117 cm³/mol. The molecule has 0 aliphatic carbocycles. The van der Waals surface area contributed by atoms with Crippen LogP contribution in [0.15, 0.2) is 48.5 Å². The molecule has 30 heavy (non-hydrogen) atoms. The summed E-state index contributed by atoms with van der Waals surface area (Å²) in [5.74, 6) is 1.14. The highest BCUT2D eigenvalue weighted by Crippen LogP contribution is 2.40. The normalized spacial score (nSPS) is 18.8. The third-order valence-corrected chi connectivity index (χ3v) is 5.57. The van der Waals surface area contributed by atoms with E-state index in [0.717, 1.165) is 35.6 Å². The average Bonchev–Trinajstić information content (AvgIpc) is 2.79. The van der Waals surface area contributed by atoms with Crippen molar-refractivity contribution < 1.29 is 19.1 Å². The van der Waals surface area contributed by atoms with Crippen molar-refractivity contribution in [3.63, 3.8) is 0 Å². The lowest BCUT2D eigenvalue weighted by Gasteiger charge is -2.41. The number of piperidine rings is 1. The SMILES string of the molecule is CCCCNC(=O)[C@@H]1CCC(=O)N(c2ccc(OC)cc2)[C@@H]1c1ccc(OC)cc1. The number of nitrogens with zero attached hydrogens (tertiary/aromatic N) is 1. The number of methoxy groups -OCH3 is 2. The second kappa shape index (κ2) is 10.1. The Labute approximate surface area is 178 Å². The Morgan fingerprint density at radius 3 is 2.20 bits per heavy atom. The molecular formula is C24H30N2O4. The van der Waals surface area contributed by atoms with Gasteiger partial charge in [0.2, 0.25) is 11.8 Å². The molecule has 2 atom stereocenters. The lowest BCUT2D eigenvalue weighted by molar-refractivity contribution is -0.129. The summed E-state index contributed by atoms with van der Waals surface area (Å²) in [4.78, 5) is 27.9. The van der Waals surface area contributed by atoms with Crippen molar-refractivity contribution >= 4 is 17.5 Å². The van der Waals surface area contributed by atoms with Crippen LogP contribution in [0.5, 0.6) is 11.5 Å². The van der Waals surface area contributed by atoms with E-state index in [0.29, 0.717) is 19.4 Å². The number of carbonyl (C=O) groups is 2. The van der Waals surface area contributed by atoms with Crippen LogP contribution in [0.4, 0.5) is 5.69 Å². The molecule has 0 bridgehead atoms. The van der Waals surface area contributed by atoms with Crippen LogP contribution in [0.2, 0.25) is 0 Å². The average molecular weight is 411 g/mol. The van der Waals surface area contributed by atoms with E-state index in [9.17, 15) is 9.59 Å². The Morgan fingerprint density at radius 1 is 1.03 bits per heavy atom. The van der Waals surface area contributed by atoms with Crippen LogP contribution in [0.1, 0.15) is 44.2 Å². The second-order valence-corrected chi connectivity index (χ2v) is 7.47. The molecule has 1 N–H and O–H groups in total. The lowest BCUT2D eigenvalue weighted by atomic mass is 9.83. The zero-order chi connectivity index (χ0) is 21.5. The van der Waals surface area contributed by atoms with Gasteiger partial charge in [-0.3, -0.25) is 9.59 Å². The molecular weight excluding hydrogens is 380 g/mol. The summed E-state index contributed by atoms with van der Waals surface area (Å²) >= 11 is 0. The number of nitrogens with one attached hydrogen (secondary N) is 1. The van der Waals surface area contributed by atoms with Crippen molar-refractivity contribution in [2.45, 2.75) is 38.6 Å². The maximum atomic E-state index is 13.1. The van der Waals surface area contributed by atoms with Gasteiger partial charge in [-0.1, -0.05) is 25.5 Å². The molecule has 0 spiro atoms. The third-order valence-electron chi connectivity index (χ3n) is 5.57. The third kappa shape index (κ3) is 4.75. The molecule has 3 rings (SSSR count). The Morgan fingerprint density at radius 2 is 1.63 bits per heavy atom. The number of anilines is 1. The van der Waals surface area contributed by atoms with Crippen LogP contribution in [0.3, 0.4) is 0 Å². The first kappa shape index (κ1) is 21.7. The Bertz CT molecular complexity index is 849. The first-order valence-electron chi connectivity index (χ1n) is 10.5. The zero-order valence-corrected chi connectivity index (χ0v) is 17.9. The van der Waals surface area contributed by atoms with E-state index in [1.807, 2.05) is 48.5 Å². The van der Waals surface area contributed by atoms with Crippen LogP contribution in [0.25, 0.3) is 0 Å². The summed E-state index contributed by atoms with van der Waals surface area (Å²) in [6, 6.07) is 14.6. The highest BCUT2D eigenvalue weighted by atomic mass is 16.5. The van der Waals surface area contributed by atoms with Gasteiger partial charge in [-0.15, -0.1) is 0 Å². The van der Waals surface area contributed by atoms with E-state index < -0.39 is 0 Å². The summed E-state index contributed by atoms with van der Waals surface area (Å²) in [7, 11) is 3.23. The lowest BCUT2D eigenvalue weighted by Crippen LogP contribution is -2.48. The van der Waals surface area contributed by atoms with Gasteiger partial charge >= 0.3 is 0 Å². The molecule has 6 nitrogen and oxygen atoms in total. The number of unbranched alkanes of at least 4 members (excludes halogenated alkanes) is 1. The van der Waals surface area contributed by atoms with Crippen molar-refractivity contribution in [2.24, 2.45) is 5.92 Å². The largest absolute Gasteiger partial charge is 0.497 e. The molecule has 1 aliphatic heterocycles. The van der Waals surface area contributed by atoms with Crippen LogP contribution in [0, 0.1) is 5.92 Å². The number of carbonyl (C=O) groups excluding carboxylic acids is 2. The van der Waals surface area contributed by atoms with Crippen LogP contribution >= 0.6 is 0 Å². The van der Waals surface area contributed by atoms with E-state index >= 15 is 0 Å². The fourth-order valence-electron chi connectivity index (χ4n) is 3.92. The molecule has 1 heterocycles. The number of hydrogen-bond acceptors (Lipinski definition) is 4. The molecule has 0 aromatic heterocycles. The molecule has 2 aromatic carbocycles. The minimum absolute atomic E-state index is 0.00437. The van der Waals surface area contributed by atoms with Crippen molar-refractivity contribution in [3.05, 3.63) is 54.1 Å². The smallest absolute Gasteiger partial charge is 0.227 e. The van der Waals surface area contributed by atoms with Gasteiger partial charge in [-0.2, -0.15) is 0 Å². The summed E-state index contributed by atoms with van der Waals surface area (Å²) in [6.45, 7) is 2.74. The predicted octanol–water partition coefficient (Wildman–Crippen LogP) is 4.10. The van der Waals surface area contributed by atoms with E-state index in [2.05, 4.69) is 12.2 Å². The summed E-state index contributed by atoms with van der Waals surface area (Å²) < 4.78 is 10.5. The van der Waals surface area contributed by atoms with Gasteiger partial charge in [0.15, 0.2) is 0 Å². The van der Waals surface area contributed by atoms with Crippen molar-refractivity contribution in [3.8, 4) is 11.5 Å². The van der Waals surface area contributed by atoms with Crippen molar-refractivity contribution in [1.82, 2.24) is 5.32 Å². The number of rotatable bonds is 8. The van der Waals surface area contributed by atoms with Crippen LogP contribution < -0.4 is 19.7 Å². The fraction of sp³-hybridized carbons (Fsp3) is 0.417. The van der Waals surface area contributed by atoms with Gasteiger partial charge in [-0.25, -0.2) is 0 Å². The molecule has 1 aliphatic rings. The monoisotopic (exact) mass is 410 g/mol. The molecule has 2 amide bonds. The van der Waals surface area contributed by atoms with Crippen LogP contribution in [-0.4, -0.2) is 32.6 Å². The summed E-state index contributed by atoms with van der Waals surface area (Å²) in [6.07, 6.45) is 2.82. The molecule has 6 heteroatoms. The molecule has 1 fully saturated rings. The van der Waals surface area contributed by atoms with E-state index in [4.69, 9.17) is 9.47 Å². The first-order chi connectivity index (χ1) is 14.6. The van der Waals surface area contributed by atoms with Gasteiger partial charge < -0.3 is 19.7 Å². The Hall–Kier alpha value is -3.02. The van der Waals surface area contributed by atoms with Gasteiger partial charge in [0.05, 0.1) is 26.2 Å². The summed E-state index contributed by atoms with van der Waals surface area (Å²) in [5.41, 5.74) is 1.67. The molecule has 0 unspecified atom stereocenters. The van der Waals surface area contributed by atoms with Gasteiger partial charge in [0.25, 0.3) is 0 Å². The second-order valence-electron chi connectivity index (χ2n) is 7.47. The van der Waals surface area contributed by atoms with Gasteiger partial charge in [0.1, 0.15) is 11.5 Å².